The van der Waals surface area contributed by atoms with Crippen LogP contribution in [-0.2, 0) is 9.53 Å². The average molecular weight is 386 g/mol. The highest BCUT2D eigenvalue weighted by Crippen LogP contribution is 2.20. The van der Waals surface area contributed by atoms with E-state index in [2.05, 4.69) is 15.0 Å². The molecule has 1 heterocycles. The second-order valence-electron chi connectivity index (χ2n) is 5.86. The fraction of sp³-hybridized carbons (Fsp3) is 0.150. The molecule has 144 valence electrons. The van der Waals surface area contributed by atoms with Crippen LogP contribution in [0.3, 0.4) is 0 Å². The van der Waals surface area contributed by atoms with Crippen molar-refractivity contribution in [3.63, 3.8) is 0 Å². The van der Waals surface area contributed by atoms with Gasteiger partial charge in [0.05, 0.1) is 11.1 Å². The van der Waals surface area contributed by atoms with E-state index in [4.69, 9.17) is 4.74 Å². The van der Waals surface area contributed by atoms with E-state index in [0.717, 1.165) is 0 Å². The maximum Gasteiger partial charge on any atom is 0.387 e. The number of amides is 1. The standard InChI is InChI=1S/C20H16F2N2O4/c1-12-10-16(15-4-2-3-5-17(15)23-12)19(26)27-11-18(25)24-13-6-8-14(9-7-13)28-20(21)22/h2-10,20H,11H2,1H3,(H,24,25). The fourth-order valence-electron chi connectivity index (χ4n) is 2.60. The first kappa shape index (κ1) is 19.2. The predicted octanol–water partition coefficient (Wildman–Crippen LogP) is 3.94. The Hall–Kier alpha value is -3.55. The van der Waals surface area contributed by atoms with Crippen LogP contribution in [0.25, 0.3) is 10.9 Å². The molecule has 1 aromatic heterocycles. The lowest BCUT2D eigenvalue weighted by Gasteiger charge is -2.10. The van der Waals surface area contributed by atoms with E-state index in [0.29, 0.717) is 27.8 Å². The van der Waals surface area contributed by atoms with Gasteiger partial charge >= 0.3 is 12.6 Å². The van der Waals surface area contributed by atoms with Crippen molar-refractivity contribution in [2.75, 3.05) is 11.9 Å². The lowest BCUT2D eigenvalue weighted by molar-refractivity contribution is -0.119. The molecule has 0 saturated heterocycles. The van der Waals surface area contributed by atoms with Crippen molar-refractivity contribution in [2.24, 2.45) is 0 Å². The zero-order chi connectivity index (χ0) is 20.1. The van der Waals surface area contributed by atoms with Gasteiger partial charge in [-0.2, -0.15) is 8.78 Å². The second kappa shape index (κ2) is 8.43. The van der Waals surface area contributed by atoms with Crippen molar-refractivity contribution < 1.29 is 27.8 Å². The van der Waals surface area contributed by atoms with Gasteiger partial charge in [-0.3, -0.25) is 9.78 Å². The molecule has 0 spiro atoms. The maximum absolute atomic E-state index is 12.4. The molecule has 0 fully saturated rings. The molecule has 28 heavy (non-hydrogen) atoms. The van der Waals surface area contributed by atoms with Gasteiger partial charge in [0.2, 0.25) is 0 Å². The van der Waals surface area contributed by atoms with Crippen LogP contribution in [0.1, 0.15) is 16.1 Å². The van der Waals surface area contributed by atoms with Gasteiger partial charge in [-0.15, -0.1) is 0 Å². The summed E-state index contributed by atoms with van der Waals surface area (Å²) in [5.41, 5.74) is 1.99. The number of alkyl halides is 2. The summed E-state index contributed by atoms with van der Waals surface area (Å²) in [5, 5.41) is 3.14. The summed E-state index contributed by atoms with van der Waals surface area (Å²) >= 11 is 0. The Morgan fingerprint density at radius 2 is 1.82 bits per heavy atom. The number of carbonyl (C=O) groups excluding carboxylic acids is 2. The summed E-state index contributed by atoms with van der Waals surface area (Å²) in [6.07, 6.45) is 0. The van der Waals surface area contributed by atoms with Gasteiger partial charge in [-0.1, -0.05) is 18.2 Å². The van der Waals surface area contributed by atoms with Gasteiger partial charge in [0.1, 0.15) is 5.75 Å². The van der Waals surface area contributed by atoms with E-state index in [1.165, 1.54) is 24.3 Å². The molecule has 0 radical (unpaired) electrons. The maximum atomic E-state index is 12.4. The molecule has 0 aliphatic carbocycles. The summed E-state index contributed by atoms with van der Waals surface area (Å²) in [6.45, 7) is -1.66. The Balaban J connectivity index is 1.61. The van der Waals surface area contributed by atoms with E-state index >= 15 is 0 Å². The Labute approximate surface area is 159 Å². The molecule has 0 saturated carbocycles. The zero-order valence-corrected chi connectivity index (χ0v) is 14.8. The summed E-state index contributed by atoms with van der Waals surface area (Å²) in [5.74, 6) is -1.23. The van der Waals surface area contributed by atoms with Crippen LogP contribution in [0.4, 0.5) is 14.5 Å². The van der Waals surface area contributed by atoms with Crippen LogP contribution in [0.2, 0.25) is 0 Å². The third-order valence-corrected chi connectivity index (χ3v) is 3.76. The van der Waals surface area contributed by atoms with E-state index < -0.39 is 25.1 Å². The molecule has 2 aromatic carbocycles. The molecular weight excluding hydrogens is 370 g/mol. The van der Waals surface area contributed by atoms with Crippen LogP contribution in [0.5, 0.6) is 5.75 Å². The van der Waals surface area contributed by atoms with E-state index in [-0.39, 0.29) is 5.75 Å². The Bertz CT molecular complexity index is 1010. The van der Waals surface area contributed by atoms with E-state index in [1.807, 2.05) is 6.07 Å². The minimum atomic E-state index is -2.92. The molecule has 3 aromatic rings. The molecule has 0 bridgehead atoms. The van der Waals surface area contributed by atoms with Crippen LogP contribution in [-0.4, -0.2) is 30.1 Å². The number of aromatic nitrogens is 1. The monoisotopic (exact) mass is 386 g/mol. The second-order valence-corrected chi connectivity index (χ2v) is 5.86. The third-order valence-electron chi connectivity index (χ3n) is 3.76. The zero-order valence-electron chi connectivity index (χ0n) is 14.8. The van der Waals surface area contributed by atoms with Gasteiger partial charge < -0.3 is 14.8 Å². The topological polar surface area (TPSA) is 77.5 Å². The molecule has 0 aliphatic rings. The van der Waals surface area contributed by atoms with E-state index in [1.54, 1.807) is 31.2 Å². The number of hydrogen-bond donors (Lipinski definition) is 1. The van der Waals surface area contributed by atoms with Crippen LogP contribution in [0, 0.1) is 6.92 Å². The lowest BCUT2D eigenvalue weighted by Crippen LogP contribution is -2.21. The van der Waals surface area contributed by atoms with Crippen molar-refractivity contribution >= 4 is 28.5 Å². The number of para-hydroxylation sites is 1. The van der Waals surface area contributed by atoms with E-state index in [9.17, 15) is 18.4 Å². The average Bonchev–Trinajstić information content (AvgIpc) is 2.66. The van der Waals surface area contributed by atoms with Gasteiger partial charge in [0.25, 0.3) is 5.91 Å². The summed E-state index contributed by atoms with van der Waals surface area (Å²) in [4.78, 5) is 28.7. The normalized spacial score (nSPS) is 10.7. The first-order valence-electron chi connectivity index (χ1n) is 8.30. The van der Waals surface area contributed by atoms with Gasteiger partial charge in [0.15, 0.2) is 6.61 Å². The summed E-state index contributed by atoms with van der Waals surface area (Å²) in [7, 11) is 0. The molecule has 6 nitrogen and oxygen atoms in total. The first-order chi connectivity index (χ1) is 13.4. The Kier molecular flexibility index (Phi) is 5.78. The number of anilines is 1. The van der Waals surface area contributed by atoms with Crippen LogP contribution < -0.4 is 10.1 Å². The number of halogens is 2. The van der Waals surface area contributed by atoms with Crippen molar-refractivity contribution in [3.05, 3.63) is 65.9 Å². The number of hydrogen-bond acceptors (Lipinski definition) is 5. The number of nitrogens with zero attached hydrogens (tertiary/aromatic N) is 1. The molecule has 0 aliphatic heterocycles. The number of esters is 1. The molecule has 0 unspecified atom stereocenters. The van der Waals surface area contributed by atoms with Crippen molar-refractivity contribution in [1.82, 2.24) is 4.98 Å². The van der Waals surface area contributed by atoms with Gasteiger partial charge in [-0.25, -0.2) is 4.79 Å². The highest BCUT2D eigenvalue weighted by atomic mass is 19.3. The molecule has 3 rings (SSSR count). The predicted molar refractivity (Wildman–Crippen MR) is 98.5 cm³/mol. The molecule has 8 heteroatoms. The smallest absolute Gasteiger partial charge is 0.387 e. The number of pyridine rings is 1. The van der Waals surface area contributed by atoms with Crippen LogP contribution in [0.15, 0.2) is 54.6 Å². The minimum absolute atomic E-state index is 0.0284. The fourth-order valence-corrected chi connectivity index (χ4v) is 2.60. The molecule has 1 N–H and O–H groups in total. The quantitative estimate of drug-likeness (QED) is 0.650. The highest BCUT2D eigenvalue weighted by molar-refractivity contribution is 6.04. The summed E-state index contributed by atoms with van der Waals surface area (Å²) in [6, 6.07) is 14.1. The number of fused-ring (bicyclic) bond motifs is 1. The number of carbonyl (C=O) groups is 2. The van der Waals surface area contributed by atoms with Gasteiger partial charge in [0, 0.05) is 16.8 Å². The Morgan fingerprint density at radius 1 is 1.11 bits per heavy atom. The molecule has 0 atom stereocenters. The highest BCUT2D eigenvalue weighted by Gasteiger charge is 2.15. The third kappa shape index (κ3) is 4.79. The SMILES string of the molecule is Cc1cc(C(=O)OCC(=O)Nc2ccc(OC(F)F)cc2)c2ccccc2n1. The van der Waals surface area contributed by atoms with Crippen LogP contribution >= 0.6 is 0 Å². The van der Waals surface area contributed by atoms with Gasteiger partial charge in [-0.05, 0) is 43.3 Å². The largest absolute Gasteiger partial charge is 0.452 e. The Morgan fingerprint density at radius 3 is 2.54 bits per heavy atom. The first-order valence-corrected chi connectivity index (χ1v) is 8.30. The molecule has 1 amide bonds. The minimum Gasteiger partial charge on any atom is -0.452 e. The number of rotatable bonds is 6. The lowest BCUT2D eigenvalue weighted by atomic mass is 10.1. The number of benzene rings is 2. The molecular formula is C20H16F2N2O4. The number of ether oxygens (including phenoxy) is 2. The summed E-state index contributed by atoms with van der Waals surface area (Å²) < 4.78 is 33.6. The van der Waals surface area contributed by atoms with Crippen molar-refractivity contribution in [3.8, 4) is 5.75 Å². The number of aryl methyl sites for hydroxylation is 1. The number of nitrogens with one attached hydrogen (secondary N) is 1. The van der Waals surface area contributed by atoms with Crippen molar-refractivity contribution in [2.45, 2.75) is 13.5 Å². The van der Waals surface area contributed by atoms with Crippen molar-refractivity contribution in [1.29, 1.82) is 0 Å².